The summed E-state index contributed by atoms with van der Waals surface area (Å²) in [6, 6.07) is 2.79. The van der Waals surface area contributed by atoms with E-state index in [4.69, 9.17) is 27.8 Å². The highest BCUT2D eigenvalue weighted by Gasteiger charge is 2.30. The maximum atomic E-state index is 12.0. The number of carbonyl (C=O) groups is 2. The molecule has 8 heteroatoms. The minimum absolute atomic E-state index is 0.0912. The lowest BCUT2D eigenvalue weighted by atomic mass is 10.1. The largest absolute Gasteiger partial charge is 0.480 e. The van der Waals surface area contributed by atoms with E-state index < -0.39 is 5.91 Å². The Hall–Kier alpha value is -2.28. The van der Waals surface area contributed by atoms with Crippen LogP contribution in [0.25, 0.3) is 0 Å². The second-order valence-electron chi connectivity index (χ2n) is 4.79. The Kier molecular flexibility index (Phi) is 4.04. The van der Waals surface area contributed by atoms with Crippen molar-refractivity contribution in [3.8, 4) is 5.75 Å². The maximum absolute atomic E-state index is 12.0. The number of benzene rings is 1. The molecule has 0 fully saturated rings. The maximum Gasteiger partial charge on any atom is 0.280 e. The Labute approximate surface area is 126 Å². The molecule has 7 nitrogen and oxygen atoms in total. The van der Waals surface area contributed by atoms with Gasteiger partial charge in [0.15, 0.2) is 18.3 Å². The number of ether oxygens (including phenoxy) is 1. The molecule has 1 aliphatic rings. The highest BCUT2D eigenvalue weighted by Crippen LogP contribution is 2.40. The summed E-state index contributed by atoms with van der Waals surface area (Å²) >= 11 is 6.12. The van der Waals surface area contributed by atoms with Gasteiger partial charge in [0.2, 0.25) is 0 Å². The van der Waals surface area contributed by atoms with E-state index in [1.54, 1.807) is 0 Å². The molecule has 1 heterocycles. The third-order valence-corrected chi connectivity index (χ3v) is 3.17. The van der Waals surface area contributed by atoms with Gasteiger partial charge in [-0.15, -0.1) is 0 Å². The Bertz CT molecular complexity index is 639. The number of halogens is 1. The van der Waals surface area contributed by atoms with E-state index in [0.717, 1.165) is 0 Å². The van der Waals surface area contributed by atoms with Gasteiger partial charge in [-0.25, -0.2) is 0 Å². The number of nitrogens with zero attached hydrogens (tertiary/aromatic N) is 2. The molecule has 0 atom stereocenters. The number of nitrogens with two attached hydrogens (primary N) is 2. The second kappa shape index (κ2) is 5.61. The van der Waals surface area contributed by atoms with Crippen molar-refractivity contribution in [1.82, 2.24) is 0 Å². The molecule has 2 amide bonds. The third kappa shape index (κ3) is 2.92. The summed E-state index contributed by atoms with van der Waals surface area (Å²) in [6.07, 6.45) is 0. The summed E-state index contributed by atoms with van der Waals surface area (Å²) in [7, 11) is 0. The van der Waals surface area contributed by atoms with Crippen LogP contribution in [0.5, 0.6) is 5.75 Å². The molecule has 1 aromatic carbocycles. The van der Waals surface area contributed by atoms with Gasteiger partial charge in [-0.05, 0) is 26.0 Å². The van der Waals surface area contributed by atoms with Crippen LogP contribution in [0, 0.1) is 0 Å². The first-order valence-corrected chi connectivity index (χ1v) is 6.61. The lowest BCUT2D eigenvalue weighted by molar-refractivity contribution is -0.121. The lowest BCUT2D eigenvalue weighted by Gasteiger charge is -2.33. The number of hydrogen-bond donors (Lipinski definition) is 2. The molecular formula is C13H15ClN4O3. The van der Waals surface area contributed by atoms with Gasteiger partial charge in [0.05, 0.1) is 10.7 Å². The van der Waals surface area contributed by atoms with E-state index in [1.165, 1.54) is 17.0 Å². The molecule has 0 aromatic heterocycles. The Morgan fingerprint density at radius 1 is 1.43 bits per heavy atom. The summed E-state index contributed by atoms with van der Waals surface area (Å²) in [5.41, 5.74) is 11.0. The standard InChI is InChI=1S/C13H15ClN4O3/c1-6(2)18-9-4-7(12(20)17-13(15)16)3-8(14)11(9)21-5-10(18)19/h3-4,6H,5H2,1-2H3,(H4,15,16,17,20). The normalized spacial score (nSPS) is 13.7. The lowest BCUT2D eigenvalue weighted by Crippen LogP contribution is -2.43. The van der Waals surface area contributed by atoms with Crippen molar-refractivity contribution in [3.63, 3.8) is 0 Å². The zero-order chi connectivity index (χ0) is 15.7. The van der Waals surface area contributed by atoms with Crippen molar-refractivity contribution >= 4 is 35.1 Å². The van der Waals surface area contributed by atoms with Crippen LogP contribution in [0.1, 0.15) is 24.2 Å². The number of fused-ring (bicyclic) bond motifs is 1. The molecule has 112 valence electrons. The fraction of sp³-hybridized carbons (Fsp3) is 0.308. The zero-order valence-electron chi connectivity index (χ0n) is 11.6. The predicted molar refractivity (Wildman–Crippen MR) is 79.7 cm³/mol. The van der Waals surface area contributed by atoms with Gasteiger partial charge >= 0.3 is 0 Å². The first kappa shape index (κ1) is 15.1. The van der Waals surface area contributed by atoms with E-state index in [9.17, 15) is 9.59 Å². The van der Waals surface area contributed by atoms with Crippen LogP contribution in [0.15, 0.2) is 17.1 Å². The van der Waals surface area contributed by atoms with Crippen molar-refractivity contribution < 1.29 is 14.3 Å². The monoisotopic (exact) mass is 310 g/mol. The Morgan fingerprint density at radius 2 is 2.10 bits per heavy atom. The molecule has 0 radical (unpaired) electrons. The van der Waals surface area contributed by atoms with Crippen LogP contribution in [-0.2, 0) is 4.79 Å². The average molecular weight is 311 g/mol. The number of hydrogen-bond acceptors (Lipinski definition) is 3. The van der Waals surface area contributed by atoms with Gasteiger partial charge in [0.1, 0.15) is 0 Å². The fourth-order valence-electron chi connectivity index (χ4n) is 2.11. The van der Waals surface area contributed by atoms with E-state index in [2.05, 4.69) is 4.99 Å². The van der Waals surface area contributed by atoms with Crippen LogP contribution < -0.4 is 21.1 Å². The SMILES string of the molecule is CC(C)N1C(=O)COc2c(Cl)cc(C(=O)N=C(N)N)cc21. The van der Waals surface area contributed by atoms with Gasteiger partial charge in [0, 0.05) is 11.6 Å². The number of rotatable bonds is 2. The smallest absolute Gasteiger partial charge is 0.280 e. The summed E-state index contributed by atoms with van der Waals surface area (Å²) in [5.74, 6) is -0.825. The van der Waals surface area contributed by atoms with Gasteiger partial charge in [-0.1, -0.05) is 11.6 Å². The predicted octanol–water partition coefficient (Wildman–Crippen LogP) is 0.887. The van der Waals surface area contributed by atoms with Crippen LogP contribution in [-0.4, -0.2) is 30.4 Å². The third-order valence-electron chi connectivity index (χ3n) is 2.89. The van der Waals surface area contributed by atoms with E-state index >= 15 is 0 Å². The van der Waals surface area contributed by atoms with Gasteiger partial charge in [0.25, 0.3) is 11.8 Å². The number of carbonyl (C=O) groups excluding carboxylic acids is 2. The molecule has 0 unspecified atom stereocenters. The number of amides is 2. The van der Waals surface area contributed by atoms with E-state index in [-0.39, 0.29) is 35.1 Å². The molecule has 2 rings (SSSR count). The number of guanidine groups is 1. The van der Waals surface area contributed by atoms with Crippen LogP contribution in [0.4, 0.5) is 5.69 Å². The molecule has 0 saturated heterocycles. The molecule has 4 N–H and O–H groups in total. The highest BCUT2D eigenvalue weighted by atomic mass is 35.5. The Balaban J connectivity index is 2.56. The topological polar surface area (TPSA) is 111 Å². The number of aliphatic imine (C=N–C) groups is 1. The first-order valence-electron chi connectivity index (χ1n) is 6.23. The molecule has 0 saturated carbocycles. The van der Waals surface area contributed by atoms with Crippen LogP contribution >= 0.6 is 11.6 Å². The molecular weight excluding hydrogens is 296 g/mol. The second-order valence-corrected chi connectivity index (χ2v) is 5.20. The summed E-state index contributed by atoms with van der Waals surface area (Å²) in [6.45, 7) is 3.61. The quantitative estimate of drug-likeness (QED) is 0.622. The first-order chi connectivity index (χ1) is 9.81. The fourth-order valence-corrected chi connectivity index (χ4v) is 2.38. The molecule has 0 bridgehead atoms. The number of anilines is 1. The molecule has 1 aliphatic heterocycles. The van der Waals surface area contributed by atoms with Crippen LogP contribution in [0.2, 0.25) is 5.02 Å². The minimum Gasteiger partial charge on any atom is -0.480 e. The molecule has 0 spiro atoms. The van der Waals surface area contributed by atoms with Crippen molar-refractivity contribution in [1.29, 1.82) is 0 Å². The van der Waals surface area contributed by atoms with E-state index in [1.807, 2.05) is 13.8 Å². The van der Waals surface area contributed by atoms with Gasteiger partial charge in [-0.3, -0.25) is 9.59 Å². The van der Waals surface area contributed by atoms with Gasteiger partial charge < -0.3 is 21.1 Å². The molecule has 0 aliphatic carbocycles. The van der Waals surface area contributed by atoms with Gasteiger partial charge in [-0.2, -0.15) is 4.99 Å². The summed E-state index contributed by atoms with van der Waals surface area (Å²) in [4.78, 5) is 28.9. The van der Waals surface area contributed by atoms with Crippen molar-refractivity contribution in [2.75, 3.05) is 11.5 Å². The zero-order valence-corrected chi connectivity index (χ0v) is 12.3. The molecule has 1 aromatic rings. The average Bonchev–Trinajstić information content (AvgIpc) is 2.36. The van der Waals surface area contributed by atoms with Crippen molar-refractivity contribution in [2.24, 2.45) is 16.5 Å². The van der Waals surface area contributed by atoms with Crippen molar-refractivity contribution in [3.05, 3.63) is 22.7 Å². The molecule has 21 heavy (non-hydrogen) atoms. The Morgan fingerprint density at radius 3 is 2.67 bits per heavy atom. The summed E-state index contributed by atoms with van der Waals surface area (Å²) in [5, 5.41) is 0.222. The van der Waals surface area contributed by atoms with Crippen LogP contribution in [0.3, 0.4) is 0 Å². The minimum atomic E-state index is -0.638. The van der Waals surface area contributed by atoms with E-state index in [0.29, 0.717) is 11.4 Å². The van der Waals surface area contributed by atoms with Crippen molar-refractivity contribution in [2.45, 2.75) is 19.9 Å². The highest BCUT2D eigenvalue weighted by molar-refractivity contribution is 6.33. The summed E-state index contributed by atoms with van der Waals surface area (Å²) < 4.78 is 5.34.